The third-order valence-corrected chi connectivity index (χ3v) is 4.84. The second kappa shape index (κ2) is 6.68. The van der Waals surface area contributed by atoms with Crippen LogP contribution in [0.5, 0.6) is 0 Å². The summed E-state index contributed by atoms with van der Waals surface area (Å²) in [4.78, 5) is 18.7. The zero-order valence-electron chi connectivity index (χ0n) is 12.6. The summed E-state index contributed by atoms with van der Waals surface area (Å²) in [5.74, 6) is 0.407. The quantitative estimate of drug-likeness (QED) is 0.906. The van der Waals surface area contributed by atoms with Crippen molar-refractivity contribution in [2.24, 2.45) is 11.8 Å². The first kappa shape index (κ1) is 15.4. The molecule has 2 heterocycles. The summed E-state index contributed by atoms with van der Waals surface area (Å²) in [6.45, 7) is 9.48. The summed E-state index contributed by atoms with van der Waals surface area (Å²) in [5, 5.41) is 10.2. The number of carboxylic acids is 1. The summed E-state index contributed by atoms with van der Waals surface area (Å²) < 4.78 is 0. The van der Waals surface area contributed by atoms with Crippen molar-refractivity contribution in [2.75, 3.05) is 13.1 Å². The number of hydrogen-bond donors (Lipinski definition) is 1. The third-order valence-electron chi connectivity index (χ3n) is 3.77. The van der Waals surface area contributed by atoms with Gasteiger partial charge in [0.15, 0.2) is 0 Å². The first-order valence-corrected chi connectivity index (χ1v) is 8.21. The molecule has 0 aromatic carbocycles. The summed E-state index contributed by atoms with van der Waals surface area (Å²) in [6.07, 6.45) is 3.21. The van der Waals surface area contributed by atoms with Gasteiger partial charge >= 0.3 is 5.97 Å². The van der Waals surface area contributed by atoms with Crippen molar-refractivity contribution >= 4 is 17.3 Å². The van der Waals surface area contributed by atoms with Crippen molar-refractivity contribution < 1.29 is 9.90 Å². The molecular weight excluding hydrogens is 272 g/mol. The number of aromatic carboxylic acids is 1. The first-order valence-electron chi connectivity index (χ1n) is 7.40. The maximum Gasteiger partial charge on any atom is 0.347 e. The van der Waals surface area contributed by atoms with Crippen molar-refractivity contribution in [3.8, 4) is 0 Å². The largest absolute Gasteiger partial charge is 0.477 e. The van der Waals surface area contributed by atoms with Crippen LogP contribution in [0.3, 0.4) is 0 Å². The van der Waals surface area contributed by atoms with E-state index in [0.717, 1.165) is 42.7 Å². The molecule has 1 aliphatic heterocycles. The number of thiazole rings is 1. The van der Waals surface area contributed by atoms with Gasteiger partial charge in [0.2, 0.25) is 0 Å². The fourth-order valence-electron chi connectivity index (χ4n) is 2.57. The van der Waals surface area contributed by atoms with E-state index in [2.05, 4.69) is 30.7 Å². The van der Waals surface area contributed by atoms with Gasteiger partial charge in [0, 0.05) is 0 Å². The van der Waals surface area contributed by atoms with Crippen LogP contribution in [-0.2, 0) is 13.0 Å². The number of carboxylic acid groups (broad SMARTS) is 1. The second-order valence-corrected chi connectivity index (χ2v) is 7.33. The highest BCUT2D eigenvalue weighted by Crippen LogP contribution is 2.24. The molecule has 0 atom stereocenters. The van der Waals surface area contributed by atoms with E-state index < -0.39 is 5.97 Å². The fourth-order valence-corrected chi connectivity index (χ4v) is 3.54. The van der Waals surface area contributed by atoms with Gasteiger partial charge in [-0.2, -0.15) is 0 Å². The minimum atomic E-state index is -0.836. The number of piperidine rings is 1. The Kier molecular flexibility index (Phi) is 5.16. The van der Waals surface area contributed by atoms with Gasteiger partial charge in [0.1, 0.15) is 9.88 Å². The zero-order chi connectivity index (χ0) is 14.7. The minimum Gasteiger partial charge on any atom is -0.477 e. The zero-order valence-corrected chi connectivity index (χ0v) is 13.4. The molecular formula is C15H24N2O2S. The van der Waals surface area contributed by atoms with E-state index in [0.29, 0.717) is 10.8 Å². The van der Waals surface area contributed by atoms with Gasteiger partial charge in [-0.05, 0) is 44.2 Å². The van der Waals surface area contributed by atoms with Crippen LogP contribution in [0, 0.1) is 11.8 Å². The number of likely N-dealkylation sites (tertiary alicyclic amines) is 1. The summed E-state index contributed by atoms with van der Waals surface area (Å²) in [5.41, 5.74) is 0.762. The highest BCUT2D eigenvalue weighted by Gasteiger charge is 2.21. The Bertz CT molecular complexity index is 462. The Hall–Kier alpha value is -0.940. The molecule has 4 nitrogen and oxygen atoms in total. The van der Waals surface area contributed by atoms with Gasteiger partial charge < -0.3 is 5.11 Å². The summed E-state index contributed by atoms with van der Waals surface area (Å²) >= 11 is 1.35. The highest BCUT2D eigenvalue weighted by molar-refractivity contribution is 7.13. The lowest BCUT2D eigenvalue weighted by Crippen LogP contribution is -2.32. The van der Waals surface area contributed by atoms with Gasteiger partial charge in [0.05, 0.1) is 12.2 Å². The number of aromatic nitrogens is 1. The normalized spacial score (nSPS) is 17.8. The van der Waals surface area contributed by atoms with E-state index in [1.165, 1.54) is 24.2 Å². The van der Waals surface area contributed by atoms with Crippen LogP contribution < -0.4 is 0 Å². The third kappa shape index (κ3) is 4.03. The maximum atomic E-state index is 11.3. The Morgan fingerprint density at radius 3 is 2.65 bits per heavy atom. The van der Waals surface area contributed by atoms with Crippen molar-refractivity contribution in [3.05, 3.63) is 15.6 Å². The lowest BCUT2D eigenvalue weighted by atomic mass is 9.99. The van der Waals surface area contributed by atoms with E-state index in [-0.39, 0.29) is 0 Å². The molecule has 0 aliphatic carbocycles. The molecule has 0 unspecified atom stereocenters. The Morgan fingerprint density at radius 1 is 1.45 bits per heavy atom. The molecule has 5 heteroatoms. The van der Waals surface area contributed by atoms with Crippen LogP contribution in [-0.4, -0.2) is 34.0 Å². The van der Waals surface area contributed by atoms with E-state index >= 15 is 0 Å². The van der Waals surface area contributed by atoms with Crippen LogP contribution in [0.4, 0.5) is 0 Å². The molecule has 1 aromatic rings. The molecule has 1 aromatic heterocycles. The van der Waals surface area contributed by atoms with Gasteiger partial charge in [-0.3, -0.25) is 4.90 Å². The Morgan fingerprint density at radius 2 is 2.10 bits per heavy atom. The van der Waals surface area contributed by atoms with Crippen molar-refractivity contribution in [1.29, 1.82) is 0 Å². The Labute approximate surface area is 124 Å². The lowest BCUT2D eigenvalue weighted by molar-refractivity contribution is 0.0700. The predicted octanol–water partition coefficient (Wildman–Crippen LogP) is 3.27. The maximum absolute atomic E-state index is 11.3. The van der Waals surface area contributed by atoms with Crippen LogP contribution in [0.2, 0.25) is 0 Å². The van der Waals surface area contributed by atoms with Crippen LogP contribution >= 0.6 is 11.3 Å². The lowest BCUT2D eigenvalue weighted by Gasteiger charge is -2.29. The van der Waals surface area contributed by atoms with Crippen LogP contribution in [0.15, 0.2) is 0 Å². The van der Waals surface area contributed by atoms with Gasteiger partial charge in [-0.25, -0.2) is 9.78 Å². The number of hydrogen-bond acceptors (Lipinski definition) is 4. The van der Waals surface area contributed by atoms with E-state index in [4.69, 9.17) is 0 Å². The minimum absolute atomic E-state index is 0.430. The van der Waals surface area contributed by atoms with E-state index in [9.17, 15) is 9.90 Å². The molecule has 112 valence electrons. The topological polar surface area (TPSA) is 53.4 Å². The van der Waals surface area contributed by atoms with E-state index in [1.54, 1.807) is 0 Å². The standard InChI is InChI=1S/C15H24N2O2S/c1-10(2)8-12-14(15(18)19)20-13(16-12)9-17-6-4-11(3)5-7-17/h10-11H,4-9H2,1-3H3,(H,18,19). The number of rotatable bonds is 5. The first-order chi connectivity index (χ1) is 9.45. The summed E-state index contributed by atoms with van der Waals surface area (Å²) in [7, 11) is 0. The number of carbonyl (C=O) groups is 1. The predicted molar refractivity (Wildman–Crippen MR) is 81.3 cm³/mol. The monoisotopic (exact) mass is 296 g/mol. The summed E-state index contributed by atoms with van der Waals surface area (Å²) in [6, 6.07) is 0. The fraction of sp³-hybridized carbons (Fsp3) is 0.733. The van der Waals surface area contributed by atoms with Crippen molar-refractivity contribution in [3.63, 3.8) is 0 Å². The molecule has 0 amide bonds. The smallest absolute Gasteiger partial charge is 0.347 e. The van der Waals surface area contributed by atoms with Gasteiger partial charge in [0.25, 0.3) is 0 Å². The molecule has 0 spiro atoms. The molecule has 20 heavy (non-hydrogen) atoms. The molecule has 0 bridgehead atoms. The van der Waals surface area contributed by atoms with Crippen LogP contribution in [0.25, 0.3) is 0 Å². The molecule has 1 saturated heterocycles. The molecule has 1 N–H and O–H groups in total. The molecule has 1 aliphatic rings. The average Bonchev–Trinajstić information content (AvgIpc) is 2.74. The Balaban J connectivity index is 2.06. The van der Waals surface area contributed by atoms with Crippen molar-refractivity contribution in [2.45, 2.75) is 46.6 Å². The van der Waals surface area contributed by atoms with Crippen molar-refractivity contribution in [1.82, 2.24) is 9.88 Å². The second-order valence-electron chi connectivity index (χ2n) is 6.25. The van der Waals surface area contributed by atoms with E-state index in [1.807, 2.05) is 0 Å². The highest BCUT2D eigenvalue weighted by atomic mass is 32.1. The van der Waals surface area contributed by atoms with Gasteiger partial charge in [-0.1, -0.05) is 20.8 Å². The molecule has 0 saturated carbocycles. The number of nitrogens with zero attached hydrogens (tertiary/aromatic N) is 2. The molecule has 0 radical (unpaired) electrons. The van der Waals surface area contributed by atoms with Gasteiger partial charge in [-0.15, -0.1) is 11.3 Å². The SMILES string of the molecule is CC(C)Cc1nc(CN2CCC(C)CC2)sc1C(=O)O. The molecule has 1 fully saturated rings. The average molecular weight is 296 g/mol. The molecule has 2 rings (SSSR count). The van der Waals surface area contributed by atoms with Crippen LogP contribution in [0.1, 0.15) is 54.0 Å².